The Morgan fingerprint density at radius 2 is 1.45 bits per heavy atom. The minimum atomic E-state index is -0.153. The van der Waals surface area contributed by atoms with Crippen molar-refractivity contribution in [3.63, 3.8) is 0 Å². The van der Waals surface area contributed by atoms with Crippen LogP contribution in [0, 0.1) is 0 Å². The lowest BCUT2D eigenvalue weighted by Crippen LogP contribution is -2.30. The van der Waals surface area contributed by atoms with Gasteiger partial charge < -0.3 is 19.6 Å². The number of hydrogen-bond acceptors (Lipinski definition) is 7. The number of methoxy groups -OCH3 is 1. The van der Waals surface area contributed by atoms with E-state index in [1.165, 1.54) is 50.6 Å². The summed E-state index contributed by atoms with van der Waals surface area (Å²) in [5.74, 6) is 1.72. The van der Waals surface area contributed by atoms with Gasteiger partial charge in [-0.2, -0.15) is 0 Å². The number of aromatic nitrogens is 4. The van der Waals surface area contributed by atoms with E-state index in [0.717, 1.165) is 44.2 Å². The number of H-pyrrole nitrogens is 2. The average molecular weight is 552 g/mol. The number of imidazole rings is 2. The summed E-state index contributed by atoms with van der Waals surface area (Å²) in [6.07, 6.45) is 12.4. The minimum Gasteiger partial charge on any atom is -0.469 e. The predicted molar refractivity (Wildman–Crippen MR) is 159 cm³/mol. The van der Waals surface area contributed by atoms with Crippen molar-refractivity contribution in [3.8, 4) is 0 Å². The van der Waals surface area contributed by atoms with Gasteiger partial charge >= 0.3 is 5.97 Å². The van der Waals surface area contributed by atoms with E-state index in [-0.39, 0.29) is 12.0 Å². The van der Waals surface area contributed by atoms with Crippen molar-refractivity contribution >= 4 is 5.97 Å². The van der Waals surface area contributed by atoms with Gasteiger partial charge in [0.2, 0.25) is 0 Å². The van der Waals surface area contributed by atoms with Crippen molar-refractivity contribution in [2.75, 3.05) is 39.8 Å². The third-order valence-electron chi connectivity index (χ3n) is 7.32. The lowest BCUT2D eigenvalue weighted by molar-refractivity contribution is -0.141. The number of rotatable bonds is 20. The molecule has 0 spiro atoms. The average Bonchev–Trinajstić information content (AvgIpc) is 3.69. The molecule has 0 saturated carbocycles. The van der Waals surface area contributed by atoms with Crippen molar-refractivity contribution in [1.82, 2.24) is 34.6 Å². The molecule has 0 bridgehead atoms. The standard InChI is InChI=1S/C31H49N7O2/c1-5-18-36(19-6-2)20-7-8-21-37(22-13-30(39)40-4)23-27-9-11-28(12-10-27)24-38(25-29-32-14-15-33-29)26(3)31-34-16-17-35-31/h9-12,14-17,26H,5-8,13,18-25H2,1-4H3,(H,32,33)(H,34,35). The highest BCUT2D eigenvalue weighted by Crippen LogP contribution is 2.22. The summed E-state index contributed by atoms with van der Waals surface area (Å²) in [4.78, 5) is 34.6. The maximum absolute atomic E-state index is 11.9. The Labute approximate surface area is 240 Å². The second-order valence-electron chi connectivity index (χ2n) is 10.6. The number of ether oxygens (including phenoxy) is 1. The fourth-order valence-corrected chi connectivity index (χ4v) is 5.09. The Hall–Kier alpha value is -3.01. The molecule has 2 heterocycles. The van der Waals surface area contributed by atoms with E-state index >= 15 is 0 Å². The monoisotopic (exact) mass is 551 g/mol. The molecule has 0 fully saturated rings. The van der Waals surface area contributed by atoms with Crippen molar-refractivity contribution in [2.45, 2.75) is 78.6 Å². The van der Waals surface area contributed by atoms with Crippen LogP contribution >= 0.6 is 0 Å². The second kappa shape index (κ2) is 17.6. The van der Waals surface area contributed by atoms with Gasteiger partial charge in [0.05, 0.1) is 26.1 Å². The maximum Gasteiger partial charge on any atom is 0.306 e. The van der Waals surface area contributed by atoms with Gasteiger partial charge in [0, 0.05) is 44.4 Å². The van der Waals surface area contributed by atoms with E-state index in [9.17, 15) is 4.79 Å². The van der Waals surface area contributed by atoms with Crippen LogP contribution in [0.3, 0.4) is 0 Å². The summed E-state index contributed by atoms with van der Waals surface area (Å²) in [5.41, 5.74) is 2.49. The van der Waals surface area contributed by atoms with Crippen molar-refractivity contribution in [3.05, 3.63) is 71.8 Å². The van der Waals surface area contributed by atoms with Gasteiger partial charge in [0.25, 0.3) is 0 Å². The number of unbranched alkanes of at least 4 members (excludes halogenated alkanes) is 1. The number of nitrogens with one attached hydrogen (secondary N) is 2. The Bertz CT molecular complexity index is 1050. The van der Waals surface area contributed by atoms with E-state index in [4.69, 9.17) is 4.74 Å². The Morgan fingerprint density at radius 3 is 2.02 bits per heavy atom. The van der Waals surface area contributed by atoms with Gasteiger partial charge in [0.15, 0.2) is 0 Å². The molecule has 0 aliphatic heterocycles. The first kappa shape index (κ1) is 31.5. The van der Waals surface area contributed by atoms with Crippen LogP contribution in [-0.2, 0) is 29.2 Å². The largest absolute Gasteiger partial charge is 0.469 e. The normalized spacial score (nSPS) is 12.5. The van der Waals surface area contributed by atoms with Crippen LogP contribution in [0.4, 0.5) is 0 Å². The van der Waals surface area contributed by atoms with Crippen LogP contribution in [0.25, 0.3) is 0 Å². The number of esters is 1. The summed E-state index contributed by atoms with van der Waals surface area (Å²) in [7, 11) is 1.46. The topological polar surface area (TPSA) is 93.4 Å². The Balaban J connectivity index is 1.59. The quantitative estimate of drug-likeness (QED) is 0.148. The van der Waals surface area contributed by atoms with Crippen LogP contribution in [0.2, 0.25) is 0 Å². The van der Waals surface area contributed by atoms with E-state index in [0.29, 0.717) is 19.5 Å². The molecule has 3 rings (SSSR count). The van der Waals surface area contributed by atoms with Gasteiger partial charge in [-0.25, -0.2) is 9.97 Å². The number of benzene rings is 1. The number of aromatic amines is 2. The molecule has 9 nitrogen and oxygen atoms in total. The fourth-order valence-electron chi connectivity index (χ4n) is 5.09. The number of hydrogen-bond donors (Lipinski definition) is 2. The summed E-state index contributed by atoms with van der Waals surface area (Å²) in [5, 5.41) is 0. The van der Waals surface area contributed by atoms with E-state index in [1.54, 1.807) is 12.4 Å². The first-order chi connectivity index (χ1) is 19.5. The third kappa shape index (κ3) is 10.9. The molecule has 3 aromatic rings. The highest BCUT2D eigenvalue weighted by atomic mass is 16.5. The number of nitrogens with zero attached hydrogens (tertiary/aromatic N) is 5. The molecule has 0 amide bonds. The fraction of sp³-hybridized carbons (Fsp3) is 0.581. The molecule has 1 atom stereocenters. The van der Waals surface area contributed by atoms with E-state index < -0.39 is 0 Å². The summed E-state index contributed by atoms with van der Waals surface area (Å²) >= 11 is 0. The van der Waals surface area contributed by atoms with Crippen molar-refractivity contribution < 1.29 is 9.53 Å². The molecular formula is C31H49N7O2. The highest BCUT2D eigenvalue weighted by molar-refractivity contribution is 5.69. The van der Waals surface area contributed by atoms with Crippen LogP contribution in [0.1, 0.15) is 81.7 Å². The summed E-state index contributed by atoms with van der Waals surface area (Å²) < 4.78 is 4.91. The second-order valence-corrected chi connectivity index (χ2v) is 10.6. The van der Waals surface area contributed by atoms with E-state index in [1.807, 2.05) is 12.4 Å². The molecule has 0 aliphatic rings. The van der Waals surface area contributed by atoms with Crippen LogP contribution in [0.5, 0.6) is 0 Å². The molecule has 220 valence electrons. The first-order valence-corrected chi connectivity index (χ1v) is 14.8. The molecule has 0 radical (unpaired) electrons. The zero-order valence-electron chi connectivity index (χ0n) is 24.9. The summed E-state index contributed by atoms with van der Waals surface area (Å²) in [6, 6.07) is 8.97. The number of carbonyl (C=O) groups is 1. The van der Waals surface area contributed by atoms with Gasteiger partial charge in [-0.15, -0.1) is 0 Å². The van der Waals surface area contributed by atoms with E-state index in [2.05, 4.69) is 79.7 Å². The first-order valence-electron chi connectivity index (χ1n) is 14.8. The number of carbonyl (C=O) groups excluding carboxylic acids is 1. The third-order valence-corrected chi connectivity index (χ3v) is 7.32. The molecular weight excluding hydrogens is 502 g/mol. The van der Waals surface area contributed by atoms with Gasteiger partial charge in [0.1, 0.15) is 11.6 Å². The predicted octanol–water partition coefficient (Wildman–Crippen LogP) is 5.16. The summed E-state index contributed by atoms with van der Waals surface area (Å²) in [6.45, 7) is 14.1. The van der Waals surface area contributed by atoms with Crippen LogP contribution in [-0.4, -0.2) is 80.4 Å². The molecule has 9 heteroatoms. The zero-order valence-corrected chi connectivity index (χ0v) is 24.9. The smallest absolute Gasteiger partial charge is 0.306 e. The Morgan fingerprint density at radius 1 is 0.825 bits per heavy atom. The zero-order chi connectivity index (χ0) is 28.6. The van der Waals surface area contributed by atoms with Gasteiger partial charge in [-0.1, -0.05) is 38.1 Å². The molecule has 1 aromatic carbocycles. The lowest BCUT2D eigenvalue weighted by atomic mass is 10.1. The van der Waals surface area contributed by atoms with Gasteiger partial charge in [-0.3, -0.25) is 14.6 Å². The highest BCUT2D eigenvalue weighted by Gasteiger charge is 2.20. The molecule has 1 unspecified atom stereocenters. The molecule has 2 aromatic heterocycles. The molecule has 0 aliphatic carbocycles. The van der Waals surface area contributed by atoms with Gasteiger partial charge in [-0.05, 0) is 69.9 Å². The molecule has 40 heavy (non-hydrogen) atoms. The molecule has 0 saturated heterocycles. The SMILES string of the molecule is CCCN(CCC)CCCCN(CCC(=O)OC)Cc1ccc(CN(Cc2ncc[nH]2)C(C)c2ncc[nH]2)cc1. The van der Waals surface area contributed by atoms with Crippen molar-refractivity contribution in [2.24, 2.45) is 0 Å². The van der Waals surface area contributed by atoms with Crippen LogP contribution in [0.15, 0.2) is 49.1 Å². The maximum atomic E-state index is 11.9. The molecule has 2 N–H and O–H groups in total. The van der Waals surface area contributed by atoms with Crippen LogP contribution < -0.4 is 0 Å². The lowest BCUT2D eigenvalue weighted by Gasteiger charge is -2.27. The Kier molecular flexibility index (Phi) is 13.9. The minimum absolute atomic E-state index is 0.110. The van der Waals surface area contributed by atoms with Crippen molar-refractivity contribution in [1.29, 1.82) is 0 Å².